The first kappa shape index (κ1) is 19.4. The molecular weight excluding hydrogens is 441 g/mol. The number of amides is 1. The average Bonchev–Trinajstić information content (AvgIpc) is 3.21. The number of halogens is 2. The molecule has 1 aliphatic carbocycles. The van der Waals surface area contributed by atoms with Crippen molar-refractivity contribution < 1.29 is 4.79 Å². The highest BCUT2D eigenvalue weighted by atomic mass is 35.5. The molecule has 9 heteroatoms. The number of fused-ring (bicyclic) bond motifs is 1. The van der Waals surface area contributed by atoms with Gasteiger partial charge in [-0.2, -0.15) is 5.10 Å². The third-order valence-electron chi connectivity index (χ3n) is 4.89. The maximum atomic E-state index is 12.3. The Balaban J connectivity index is 1.47. The van der Waals surface area contributed by atoms with Gasteiger partial charge in [0.05, 0.1) is 28.2 Å². The number of hydrogen-bond donors (Lipinski definition) is 2. The van der Waals surface area contributed by atoms with Crippen LogP contribution in [-0.4, -0.2) is 26.5 Å². The fourth-order valence-electron chi connectivity index (χ4n) is 3.21. The van der Waals surface area contributed by atoms with Gasteiger partial charge in [0.1, 0.15) is 0 Å². The molecule has 2 N–H and O–H groups in total. The van der Waals surface area contributed by atoms with Crippen LogP contribution in [0.2, 0.25) is 10.2 Å². The molecule has 0 spiro atoms. The van der Waals surface area contributed by atoms with Gasteiger partial charge < -0.3 is 10.6 Å². The number of imidazole rings is 1. The summed E-state index contributed by atoms with van der Waals surface area (Å²) in [7, 11) is 0. The summed E-state index contributed by atoms with van der Waals surface area (Å²) >= 11 is 14.4. The number of hydrogen-bond acceptors (Lipinski definition) is 5. The fraction of sp³-hybridized carbons (Fsp3) is 0.190. The van der Waals surface area contributed by atoms with Crippen LogP contribution in [0.25, 0.3) is 16.9 Å². The van der Waals surface area contributed by atoms with Gasteiger partial charge in [0.2, 0.25) is 0 Å². The van der Waals surface area contributed by atoms with Crippen molar-refractivity contribution in [3.63, 3.8) is 0 Å². The van der Waals surface area contributed by atoms with Crippen LogP contribution in [0.4, 0.5) is 5.69 Å². The zero-order chi connectivity index (χ0) is 20.7. The van der Waals surface area contributed by atoms with E-state index >= 15 is 0 Å². The smallest absolute Gasteiger partial charge is 0.253 e. The van der Waals surface area contributed by atoms with Crippen molar-refractivity contribution in [1.82, 2.24) is 19.9 Å². The summed E-state index contributed by atoms with van der Waals surface area (Å²) in [6, 6.07) is 11.5. The molecule has 0 atom stereocenters. The van der Waals surface area contributed by atoms with Crippen LogP contribution in [0, 0.1) is 0 Å². The van der Waals surface area contributed by atoms with Gasteiger partial charge in [-0.1, -0.05) is 35.3 Å². The van der Waals surface area contributed by atoms with Gasteiger partial charge in [0, 0.05) is 29.1 Å². The lowest BCUT2D eigenvalue weighted by Gasteiger charge is -2.09. The normalized spacial score (nSPS) is 13.5. The summed E-state index contributed by atoms with van der Waals surface area (Å²) in [4.78, 5) is 18.1. The van der Waals surface area contributed by atoms with Gasteiger partial charge in [-0.25, -0.2) is 9.50 Å². The molecule has 0 unspecified atom stereocenters. The Hall–Kier alpha value is -2.61. The van der Waals surface area contributed by atoms with Gasteiger partial charge >= 0.3 is 0 Å². The van der Waals surface area contributed by atoms with Crippen LogP contribution in [0.5, 0.6) is 0 Å². The minimum atomic E-state index is -0.145. The molecule has 30 heavy (non-hydrogen) atoms. The number of aromatic nitrogens is 3. The fourth-order valence-corrected chi connectivity index (χ4v) is 4.31. The summed E-state index contributed by atoms with van der Waals surface area (Å²) in [6.45, 7) is 0.673. The van der Waals surface area contributed by atoms with E-state index in [1.807, 2.05) is 17.5 Å². The topological polar surface area (TPSA) is 71.3 Å². The molecule has 3 aromatic heterocycles. The highest BCUT2D eigenvalue weighted by Gasteiger charge is 2.25. The molecule has 6 nitrogen and oxygen atoms in total. The lowest BCUT2D eigenvalue weighted by Crippen LogP contribution is -2.25. The minimum absolute atomic E-state index is 0.145. The first-order valence-electron chi connectivity index (χ1n) is 9.50. The largest absolute Gasteiger partial charge is 0.377 e. The van der Waals surface area contributed by atoms with Crippen molar-refractivity contribution in [2.45, 2.75) is 25.4 Å². The molecule has 1 aliphatic rings. The molecule has 0 radical (unpaired) electrons. The van der Waals surface area contributed by atoms with Gasteiger partial charge in [-0.15, -0.1) is 11.3 Å². The van der Waals surface area contributed by atoms with Gasteiger partial charge in [-0.05, 0) is 36.4 Å². The first-order valence-corrected chi connectivity index (χ1v) is 11.1. The predicted molar refractivity (Wildman–Crippen MR) is 121 cm³/mol. The number of carbonyl (C=O) groups excluding carboxylic acids is 1. The van der Waals surface area contributed by atoms with Crippen molar-refractivity contribution in [3.05, 3.63) is 68.6 Å². The molecule has 4 aromatic rings. The Labute approximate surface area is 186 Å². The SMILES string of the molecule is O=C(NC1CC1)c1ccc(-c2cnc3c(NCc4cccs4)cc(Cl)nn23)cc1Cl. The van der Waals surface area contributed by atoms with Crippen LogP contribution in [0.15, 0.2) is 48.0 Å². The van der Waals surface area contributed by atoms with Crippen LogP contribution >= 0.6 is 34.5 Å². The molecule has 0 saturated heterocycles. The number of anilines is 1. The summed E-state index contributed by atoms with van der Waals surface area (Å²) in [5, 5.41) is 13.5. The van der Waals surface area contributed by atoms with Crippen LogP contribution < -0.4 is 10.6 Å². The quantitative estimate of drug-likeness (QED) is 0.413. The Bertz CT molecular complexity index is 1230. The van der Waals surface area contributed by atoms with Gasteiger partial charge in [0.15, 0.2) is 10.8 Å². The minimum Gasteiger partial charge on any atom is -0.377 e. The lowest BCUT2D eigenvalue weighted by molar-refractivity contribution is 0.0951. The standard InChI is InChI=1S/C21H17Cl2N5OS/c22-16-8-12(3-6-15(16)21(29)26-13-4-5-13)18-11-25-20-17(9-19(23)27-28(18)20)24-10-14-2-1-7-30-14/h1-3,6-9,11,13,24H,4-5,10H2,(H,26,29). The summed E-state index contributed by atoms with van der Waals surface area (Å²) < 4.78 is 1.69. The van der Waals surface area contributed by atoms with Crippen LogP contribution in [0.1, 0.15) is 28.1 Å². The molecule has 1 saturated carbocycles. The molecule has 152 valence electrons. The summed E-state index contributed by atoms with van der Waals surface area (Å²) in [5.41, 5.74) is 3.46. The van der Waals surface area contributed by atoms with Crippen molar-refractivity contribution in [1.29, 1.82) is 0 Å². The second-order valence-electron chi connectivity index (χ2n) is 7.13. The number of rotatable bonds is 6. The average molecular weight is 458 g/mol. The maximum Gasteiger partial charge on any atom is 0.253 e. The van der Waals surface area contributed by atoms with E-state index in [9.17, 15) is 4.79 Å². The second-order valence-corrected chi connectivity index (χ2v) is 8.96. The Morgan fingerprint density at radius 1 is 1.23 bits per heavy atom. The van der Waals surface area contributed by atoms with E-state index in [-0.39, 0.29) is 11.9 Å². The number of carbonyl (C=O) groups is 1. The molecule has 0 bridgehead atoms. The molecular formula is C21H17Cl2N5OS. The Morgan fingerprint density at radius 3 is 2.83 bits per heavy atom. The Kier molecular flexibility index (Phi) is 5.10. The van der Waals surface area contributed by atoms with E-state index in [0.717, 1.165) is 29.8 Å². The highest BCUT2D eigenvalue weighted by molar-refractivity contribution is 7.09. The van der Waals surface area contributed by atoms with E-state index < -0.39 is 0 Å². The van der Waals surface area contributed by atoms with Gasteiger partial charge in [0.25, 0.3) is 5.91 Å². The molecule has 3 heterocycles. The summed E-state index contributed by atoms with van der Waals surface area (Å²) in [5.74, 6) is -0.145. The molecule has 0 aliphatic heterocycles. The van der Waals surface area contributed by atoms with E-state index in [1.54, 1.807) is 40.2 Å². The molecule has 1 amide bonds. The number of thiophene rings is 1. The second kappa shape index (κ2) is 7.91. The van der Waals surface area contributed by atoms with Crippen molar-refractivity contribution in [3.8, 4) is 11.3 Å². The van der Waals surface area contributed by atoms with E-state index in [0.29, 0.717) is 27.9 Å². The van der Waals surface area contributed by atoms with Crippen LogP contribution in [0.3, 0.4) is 0 Å². The number of benzene rings is 1. The van der Waals surface area contributed by atoms with E-state index in [2.05, 4.69) is 26.8 Å². The van der Waals surface area contributed by atoms with Crippen LogP contribution in [-0.2, 0) is 6.54 Å². The van der Waals surface area contributed by atoms with Crippen molar-refractivity contribution in [2.24, 2.45) is 0 Å². The molecule has 5 rings (SSSR count). The monoisotopic (exact) mass is 457 g/mol. The van der Waals surface area contributed by atoms with E-state index in [4.69, 9.17) is 23.2 Å². The van der Waals surface area contributed by atoms with Crippen molar-refractivity contribution >= 4 is 51.8 Å². The molecule has 1 fully saturated rings. The first-order chi connectivity index (χ1) is 14.6. The van der Waals surface area contributed by atoms with E-state index in [1.165, 1.54) is 4.88 Å². The third kappa shape index (κ3) is 3.88. The maximum absolute atomic E-state index is 12.3. The number of nitrogens with zero attached hydrogens (tertiary/aromatic N) is 3. The van der Waals surface area contributed by atoms with Gasteiger partial charge in [-0.3, -0.25) is 4.79 Å². The Morgan fingerprint density at radius 2 is 2.10 bits per heavy atom. The zero-order valence-corrected chi connectivity index (χ0v) is 18.1. The highest BCUT2D eigenvalue weighted by Crippen LogP contribution is 2.30. The lowest BCUT2D eigenvalue weighted by atomic mass is 10.1. The molecule has 1 aromatic carbocycles. The van der Waals surface area contributed by atoms with Crippen molar-refractivity contribution in [2.75, 3.05) is 5.32 Å². The number of nitrogens with one attached hydrogen (secondary N) is 2. The zero-order valence-electron chi connectivity index (χ0n) is 15.7. The summed E-state index contributed by atoms with van der Waals surface area (Å²) in [6.07, 6.45) is 3.78. The third-order valence-corrected chi connectivity index (χ3v) is 6.27. The predicted octanol–water partition coefficient (Wildman–Crippen LogP) is 5.27.